The molecule has 1 saturated heterocycles. The van der Waals surface area contributed by atoms with E-state index in [0.717, 1.165) is 59.6 Å². The fourth-order valence-electron chi connectivity index (χ4n) is 3.49. The van der Waals surface area contributed by atoms with Crippen LogP contribution in [0.3, 0.4) is 0 Å². The number of rotatable bonds is 8. The molecule has 1 N–H and O–H groups in total. The van der Waals surface area contributed by atoms with Gasteiger partial charge in [0.15, 0.2) is 0 Å². The molecule has 6 heteroatoms. The van der Waals surface area contributed by atoms with Crippen LogP contribution in [0.5, 0.6) is 0 Å². The molecule has 1 aliphatic heterocycles. The van der Waals surface area contributed by atoms with E-state index in [0.29, 0.717) is 6.54 Å². The lowest BCUT2D eigenvalue weighted by Crippen LogP contribution is -2.43. The highest BCUT2D eigenvalue weighted by Crippen LogP contribution is 2.22. The number of carbonyl (C=O) groups is 1. The lowest BCUT2D eigenvalue weighted by atomic mass is 9.96. The Morgan fingerprint density at radius 2 is 2.04 bits per heavy atom. The van der Waals surface area contributed by atoms with Gasteiger partial charge < -0.3 is 5.32 Å². The number of benzene rings is 2. The zero-order valence-electron chi connectivity index (χ0n) is 15.9. The molecule has 1 amide bonds. The highest BCUT2D eigenvalue weighted by molar-refractivity contribution is 7.98. The monoisotopic (exact) mass is 436 g/mol. The Balaban J connectivity index is 1.37. The third kappa shape index (κ3) is 6.70. The molecule has 1 heterocycles. The Morgan fingerprint density at radius 1 is 1.18 bits per heavy atom. The van der Waals surface area contributed by atoms with Crippen LogP contribution in [0.2, 0.25) is 10.0 Å². The molecular formula is C22H26Cl2N2OS. The van der Waals surface area contributed by atoms with Crippen LogP contribution in [0.4, 0.5) is 0 Å². The van der Waals surface area contributed by atoms with Crippen molar-refractivity contribution in [2.45, 2.75) is 25.1 Å². The van der Waals surface area contributed by atoms with Crippen molar-refractivity contribution < 1.29 is 4.79 Å². The molecule has 0 spiro atoms. The predicted octanol–water partition coefficient (Wildman–Crippen LogP) is 5.26. The zero-order valence-corrected chi connectivity index (χ0v) is 18.2. The van der Waals surface area contributed by atoms with Crippen LogP contribution in [0.25, 0.3) is 0 Å². The fourth-order valence-corrected chi connectivity index (χ4v) is 4.70. The van der Waals surface area contributed by atoms with Gasteiger partial charge in [0.05, 0.1) is 5.92 Å². The molecule has 3 rings (SSSR count). The van der Waals surface area contributed by atoms with Gasteiger partial charge >= 0.3 is 0 Å². The molecule has 0 unspecified atom stereocenters. The van der Waals surface area contributed by atoms with E-state index in [2.05, 4.69) is 22.3 Å². The summed E-state index contributed by atoms with van der Waals surface area (Å²) in [5.41, 5.74) is 2.34. The Bertz CT molecular complexity index is 787. The topological polar surface area (TPSA) is 32.3 Å². The van der Waals surface area contributed by atoms with E-state index in [9.17, 15) is 4.79 Å². The zero-order chi connectivity index (χ0) is 19.8. The van der Waals surface area contributed by atoms with Crippen LogP contribution in [0.1, 0.15) is 24.0 Å². The first-order valence-electron chi connectivity index (χ1n) is 9.67. The number of halogens is 2. The number of carbonyl (C=O) groups excluding carboxylic acids is 1. The van der Waals surface area contributed by atoms with Crippen molar-refractivity contribution in [3.8, 4) is 0 Å². The number of hydrogen-bond acceptors (Lipinski definition) is 3. The minimum absolute atomic E-state index is 0.0640. The number of amides is 1. The summed E-state index contributed by atoms with van der Waals surface area (Å²) in [5.74, 6) is 2.04. The van der Waals surface area contributed by atoms with Crippen molar-refractivity contribution in [1.82, 2.24) is 10.2 Å². The largest absolute Gasteiger partial charge is 0.355 e. The van der Waals surface area contributed by atoms with Crippen LogP contribution in [0.15, 0.2) is 48.5 Å². The first kappa shape index (κ1) is 21.5. The van der Waals surface area contributed by atoms with E-state index in [-0.39, 0.29) is 11.8 Å². The second-order valence-corrected chi connectivity index (χ2v) is 9.09. The van der Waals surface area contributed by atoms with Gasteiger partial charge in [0, 0.05) is 41.2 Å². The summed E-state index contributed by atoms with van der Waals surface area (Å²) in [4.78, 5) is 14.9. The van der Waals surface area contributed by atoms with Crippen molar-refractivity contribution in [2.24, 2.45) is 5.92 Å². The summed E-state index contributed by atoms with van der Waals surface area (Å²) in [7, 11) is 0. The summed E-state index contributed by atoms with van der Waals surface area (Å²) in [6.45, 7) is 3.32. The van der Waals surface area contributed by atoms with Crippen LogP contribution in [-0.2, 0) is 17.1 Å². The number of likely N-dealkylation sites (tertiary alicyclic amines) is 1. The molecule has 2 aromatic rings. The predicted molar refractivity (Wildman–Crippen MR) is 120 cm³/mol. The van der Waals surface area contributed by atoms with Crippen molar-refractivity contribution in [2.75, 3.05) is 25.4 Å². The Hall–Kier alpha value is -1.20. The standard InChI is InChI=1S/C22H26Cl2N2OS/c23-20-8-3-5-17(13-20)16-28-12-10-25-22(27)19-7-4-11-26(15-19)14-18-6-1-2-9-21(18)24/h1-3,5-6,8-9,13,19H,4,7,10-12,14-16H2,(H,25,27)/t19-/m1/s1. The second-order valence-electron chi connectivity index (χ2n) is 7.14. The first-order chi connectivity index (χ1) is 13.6. The molecule has 3 nitrogen and oxygen atoms in total. The second kappa shape index (κ2) is 11.1. The number of nitrogens with zero attached hydrogens (tertiary/aromatic N) is 1. The highest BCUT2D eigenvalue weighted by atomic mass is 35.5. The summed E-state index contributed by atoms with van der Waals surface area (Å²) in [6.07, 6.45) is 2.01. The lowest BCUT2D eigenvalue weighted by molar-refractivity contribution is -0.126. The number of thioether (sulfide) groups is 1. The summed E-state index contributed by atoms with van der Waals surface area (Å²) >= 11 is 14.1. The SMILES string of the molecule is O=C(NCCSCc1cccc(Cl)c1)[C@@H]1CCCN(Cc2ccccc2Cl)C1. The van der Waals surface area contributed by atoms with Gasteiger partial charge in [-0.25, -0.2) is 0 Å². The van der Waals surface area contributed by atoms with Crippen LogP contribution in [-0.4, -0.2) is 36.2 Å². The molecule has 28 heavy (non-hydrogen) atoms. The average Bonchev–Trinajstić information content (AvgIpc) is 2.70. The maximum absolute atomic E-state index is 12.6. The molecule has 150 valence electrons. The van der Waals surface area contributed by atoms with Crippen molar-refractivity contribution in [3.63, 3.8) is 0 Å². The van der Waals surface area contributed by atoms with E-state index >= 15 is 0 Å². The number of piperidine rings is 1. The van der Waals surface area contributed by atoms with Gasteiger partial charge in [0.2, 0.25) is 5.91 Å². The third-order valence-corrected chi connectivity index (χ3v) is 6.57. The molecule has 0 aromatic heterocycles. The van der Waals surface area contributed by atoms with Crippen molar-refractivity contribution in [3.05, 3.63) is 69.7 Å². The van der Waals surface area contributed by atoms with Crippen molar-refractivity contribution >= 4 is 40.9 Å². The maximum Gasteiger partial charge on any atom is 0.224 e. The average molecular weight is 437 g/mol. The van der Waals surface area contributed by atoms with E-state index < -0.39 is 0 Å². The molecule has 1 aliphatic rings. The Kier molecular flexibility index (Phi) is 8.53. The quantitative estimate of drug-likeness (QED) is 0.573. The number of hydrogen-bond donors (Lipinski definition) is 1. The minimum Gasteiger partial charge on any atom is -0.355 e. The third-order valence-electron chi connectivity index (χ3n) is 4.93. The summed E-state index contributed by atoms with van der Waals surface area (Å²) in [5, 5.41) is 4.67. The van der Waals surface area contributed by atoms with Gasteiger partial charge in [-0.2, -0.15) is 11.8 Å². The summed E-state index contributed by atoms with van der Waals surface area (Å²) < 4.78 is 0. The molecule has 0 saturated carbocycles. The van der Waals surface area contributed by atoms with Gasteiger partial charge in [-0.1, -0.05) is 53.5 Å². The van der Waals surface area contributed by atoms with E-state index in [1.165, 1.54) is 5.56 Å². The van der Waals surface area contributed by atoms with Crippen LogP contribution < -0.4 is 5.32 Å². The molecular weight excluding hydrogens is 411 g/mol. The molecule has 0 aliphatic carbocycles. The fraction of sp³-hybridized carbons (Fsp3) is 0.409. The molecule has 2 aromatic carbocycles. The van der Waals surface area contributed by atoms with E-state index in [1.807, 2.05) is 48.2 Å². The van der Waals surface area contributed by atoms with Gasteiger partial charge in [0.25, 0.3) is 0 Å². The Labute approximate surface area is 181 Å². The van der Waals surface area contributed by atoms with E-state index in [1.54, 1.807) is 0 Å². The minimum atomic E-state index is 0.0640. The van der Waals surface area contributed by atoms with Gasteiger partial charge in [-0.05, 0) is 48.7 Å². The number of nitrogens with one attached hydrogen (secondary N) is 1. The molecule has 0 radical (unpaired) electrons. The van der Waals surface area contributed by atoms with Crippen molar-refractivity contribution in [1.29, 1.82) is 0 Å². The van der Waals surface area contributed by atoms with E-state index in [4.69, 9.17) is 23.2 Å². The van der Waals surface area contributed by atoms with Crippen LogP contribution >= 0.6 is 35.0 Å². The lowest BCUT2D eigenvalue weighted by Gasteiger charge is -2.32. The maximum atomic E-state index is 12.6. The highest BCUT2D eigenvalue weighted by Gasteiger charge is 2.25. The summed E-state index contributed by atoms with van der Waals surface area (Å²) in [6, 6.07) is 15.9. The van der Waals surface area contributed by atoms with Gasteiger partial charge in [-0.3, -0.25) is 9.69 Å². The molecule has 1 fully saturated rings. The smallest absolute Gasteiger partial charge is 0.224 e. The van der Waals surface area contributed by atoms with Gasteiger partial charge in [0.1, 0.15) is 0 Å². The van der Waals surface area contributed by atoms with Gasteiger partial charge in [-0.15, -0.1) is 0 Å². The molecule has 0 bridgehead atoms. The normalized spacial score (nSPS) is 17.4. The first-order valence-corrected chi connectivity index (χ1v) is 11.6. The van der Waals surface area contributed by atoms with Crippen LogP contribution in [0, 0.1) is 5.92 Å². The Morgan fingerprint density at radius 3 is 2.86 bits per heavy atom. The molecule has 1 atom stereocenters.